The van der Waals surface area contributed by atoms with Crippen molar-refractivity contribution in [2.45, 2.75) is 30.3 Å². The van der Waals surface area contributed by atoms with E-state index in [1.807, 2.05) is 30.3 Å². The molecule has 2 unspecified atom stereocenters. The Kier molecular flexibility index (Phi) is 6.75. The van der Waals surface area contributed by atoms with Gasteiger partial charge in [0.2, 0.25) is 5.91 Å². The van der Waals surface area contributed by atoms with E-state index in [2.05, 4.69) is 0 Å². The predicted octanol–water partition coefficient (Wildman–Crippen LogP) is 1.85. The van der Waals surface area contributed by atoms with Crippen LogP contribution in [0.15, 0.2) is 54.6 Å². The highest BCUT2D eigenvalue weighted by atomic mass is 32.2. The van der Waals surface area contributed by atoms with Crippen molar-refractivity contribution < 1.29 is 19.3 Å². The summed E-state index contributed by atoms with van der Waals surface area (Å²) in [5.41, 5.74) is 7.46. The number of Topliss-reactive ketones (excluding diaryl/α,β-unsaturated/α-hetero) is 1. The Bertz CT molecular complexity index is 1060. The Morgan fingerprint density at radius 1 is 1.12 bits per heavy atom. The lowest BCUT2D eigenvalue weighted by atomic mass is 10.1. The molecule has 3 atom stereocenters. The molecule has 2 amide bonds. The molecule has 10 heteroatoms. The van der Waals surface area contributed by atoms with Gasteiger partial charge in [0.1, 0.15) is 6.04 Å². The van der Waals surface area contributed by atoms with Crippen LogP contribution in [0.5, 0.6) is 0 Å². The monoisotopic (exact) mass is 468 g/mol. The van der Waals surface area contributed by atoms with E-state index in [1.165, 1.54) is 34.1 Å². The smallest absolute Gasteiger partial charge is 0.269 e. The van der Waals surface area contributed by atoms with Gasteiger partial charge in [-0.25, -0.2) is 0 Å². The molecule has 2 aromatic rings. The first-order chi connectivity index (χ1) is 15.9. The molecule has 4 rings (SSSR count). The van der Waals surface area contributed by atoms with E-state index in [0.717, 1.165) is 11.3 Å². The summed E-state index contributed by atoms with van der Waals surface area (Å²) in [6, 6.07) is 13.4. The Balaban J connectivity index is 1.38. The zero-order valence-corrected chi connectivity index (χ0v) is 18.6. The van der Waals surface area contributed by atoms with Gasteiger partial charge in [-0.15, -0.1) is 0 Å². The Labute approximate surface area is 195 Å². The lowest BCUT2D eigenvalue weighted by Gasteiger charge is -2.26. The van der Waals surface area contributed by atoms with Crippen molar-refractivity contribution in [3.05, 3.63) is 75.8 Å². The maximum Gasteiger partial charge on any atom is 0.269 e. The highest BCUT2D eigenvalue weighted by Gasteiger charge is 2.51. The molecular formula is C23H24N4O5S. The minimum absolute atomic E-state index is 0.0903. The molecule has 2 aromatic carbocycles. The Morgan fingerprint density at radius 3 is 2.48 bits per heavy atom. The van der Waals surface area contributed by atoms with Crippen LogP contribution in [0.2, 0.25) is 0 Å². The van der Waals surface area contributed by atoms with Crippen LogP contribution in [-0.2, 0) is 15.3 Å². The number of nitrogens with two attached hydrogens (primary N) is 1. The van der Waals surface area contributed by atoms with Crippen LogP contribution in [0.1, 0.15) is 22.3 Å². The van der Waals surface area contributed by atoms with Gasteiger partial charge >= 0.3 is 0 Å². The maximum atomic E-state index is 13.0. The molecule has 0 bridgehead atoms. The van der Waals surface area contributed by atoms with Crippen LogP contribution >= 0.6 is 11.8 Å². The molecule has 172 valence electrons. The van der Waals surface area contributed by atoms with Crippen LogP contribution in [0.4, 0.5) is 5.69 Å². The lowest BCUT2D eigenvalue weighted by molar-refractivity contribution is -0.384. The molecule has 0 aliphatic carbocycles. The van der Waals surface area contributed by atoms with E-state index in [0.29, 0.717) is 18.7 Å². The van der Waals surface area contributed by atoms with Crippen LogP contribution < -0.4 is 5.73 Å². The highest BCUT2D eigenvalue weighted by molar-refractivity contribution is 7.98. The number of non-ortho nitro benzene ring substituents is 1. The summed E-state index contributed by atoms with van der Waals surface area (Å²) in [5.74, 6) is 0.333. The van der Waals surface area contributed by atoms with Crippen LogP contribution in [0, 0.1) is 10.1 Å². The summed E-state index contributed by atoms with van der Waals surface area (Å²) in [7, 11) is 0. The molecule has 0 spiro atoms. The first-order valence-electron chi connectivity index (χ1n) is 10.6. The molecular weight excluding hydrogens is 444 g/mol. The molecule has 33 heavy (non-hydrogen) atoms. The number of ketones is 1. The predicted molar refractivity (Wildman–Crippen MR) is 124 cm³/mol. The zero-order valence-electron chi connectivity index (χ0n) is 17.8. The number of amides is 2. The summed E-state index contributed by atoms with van der Waals surface area (Å²) in [5, 5.41) is 10.8. The minimum Gasteiger partial charge on any atom is -0.329 e. The van der Waals surface area contributed by atoms with Crippen molar-refractivity contribution in [3.63, 3.8) is 0 Å². The molecule has 0 saturated carbocycles. The SMILES string of the molecule is N[C@@H](CSCc1ccccc1)C(=O)N1CCC2C1C(=O)CN2C(=O)c1ccc([N+](=O)[O-])cc1. The fraction of sp³-hybridized carbons (Fsp3) is 0.348. The fourth-order valence-corrected chi connectivity index (χ4v) is 5.34. The zero-order chi connectivity index (χ0) is 23.5. The summed E-state index contributed by atoms with van der Waals surface area (Å²) in [6.07, 6.45) is 0.491. The summed E-state index contributed by atoms with van der Waals surface area (Å²) in [4.78, 5) is 52.0. The highest BCUT2D eigenvalue weighted by Crippen LogP contribution is 2.31. The number of hydrogen-bond acceptors (Lipinski definition) is 7. The van der Waals surface area contributed by atoms with Gasteiger partial charge in [0.25, 0.3) is 11.6 Å². The largest absolute Gasteiger partial charge is 0.329 e. The first-order valence-corrected chi connectivity index (χ1v) is 11.8. The van der Waals surface area contributed by atoms with Gasteiger partial charge in [0.15, 0.2) is 5.78 Å². The van der Waals surface area contributed by atoms with Gasteiger partial charge < -0.3 is 15.5 Å². The Morgan fingerprint density at radius 2 is 1.82 bits per heavy atom. The lowest BCUT2D eigenvalue weighted by Crippen LogP contribution is -2.50. The van der Waals surface area contributed by atoms with Crippen molar-refractivity contribution in [1.82, 2.24) is 9.80 Å². The van der Waals surface area contributed by atoms with Gasteiger partial charge in [-0.2, -0.15) is 11.8 Å². The number of hydrogen-bond donors (Lipinski definition) is 1. The van der Waals surface area contributed by atoms with Crippen molar-refractivity contribution in [3.8, 4) is 0 Å². The number of carbonyl (C=O) groups is 3. The van der Waals surface area contributed by atoms with Crippen molar-refractivity contribution in [2.75, 3.05) is 18.8 Å². The van der Waals surface area contributed by atoms with Gasteiger partial charge in [0, 0.05) is 35.7 Å². The van der Waals surface area contributed by atoms with Crippen LogP contribution in [0.25, 0.3) is 0 Å². The fourth-order valence-electron chi connectivity index (χ4n) is 4.39. The number of nitrogens with zero attached hydrogens (tertiary/aromatic N) is 3. The molecule has 9 nitrogen and oxygen atoms in total. The molecule has 2 N–H and O–H groups in total. The second-order valence-electron chi connectivity index (χ2n) is 8.14. The quantitative estimate of drug-likeness (QED) is 0.485. The average molecular weight is 469 g/mol. The normalized spacial score (nSPS) is 20.6. The van der Waals surface area contributed by atoms with Gasteiger partial charge in [0.05, 0.1) is 23.6 Å². The molecule has 0 aromatic heterocycles. The third-order valence-electron chi connectivity index (χ3n) is 6.02. The van der Waals surface area contributed by atoms with E-state index in [4.69, 9.17) is 5.73 Å². The third-order valence-corrected chi connectivity index (χ3v) is 7.15. The van der Waals surface area contributed by atoms with E-state index < -0.39 is 23.0 Å². The summed E-state index contributed by atoms with van der Waals surface area (Å²) in [6.45, 7) is 0.272. The number of nitro benzene ring substituents is 1. The number of benzene rings is 2. The van der Waals surface area contributed by atoms with Gasteiger partial charge in [-0.05, 0) is 24.1 Å². The molecule has 2 saturated heterocycles. The number of fused-ring (bicyclic) bond motifs is 1. The summed E-state index contributed by atoms with van der Waals surface area (Å²) < 4.78 is 0. The molecule has 2 heterocycles. The topological polar surface area (TPSA) is 127 Å². The van der Waals surface area contributed by atoms with Crippen LogP contribution in [-0.4, -0.2) is 69.3 Å². The van der Waals surface area contributed by atoms with E-state index in [9.17, 15) is 24.5 Å². The number of rotatable bonds is 7. The number of likely N-dealkylation sites (tertiary alicyclic amines) is 2. The molecule has 2 aliphatic rings. The standard InChI is InChI=1S/C23H24N4O5S/c24-18(14-33-13-15-4-2-1-3-5-15)23(30)25-11-10-19-21(25)20(28)12-26(19)22(29)16-6-8-17(9-7-16)27(31)32/h1-9,18-19,21H,10-14,24H2/t18-,19?,21?/m0/s1. The van der Waals surface area contributed by atoms with E-state index in [-0.39, 0.29) is 35.4 Å². The van der Waals surface area contributed by atoms with Crippen molar-refractivity contribution in [2.24, 2.45) is 5.73 Å². The third kappa shape index (κ3) is 4.76. The van der Waals surface area contributed by atoms with Crippen molar-refractivity contribution >= 4 is 35.0 Å². The first kappa shape index (κ1) is 22.9. The van der Waals surface area contributed by atoms with E-state index >= 15 is 0 Å². The Hall–Kier alpha value is -3.24. The second-order valence-corrected chi connectivity index (χ2v) is 9.17. The number of nitro groups is 1. The summed E-state index contributed by atoms with van der Waals surface area (Å²) >= 11 is 1.56. The van der Waals surface area contributed by atoms with Crippen molar-refractivity contribution in [1.29, 1.82) is 0 Å². The molecule has 0 radical (unpaired) electrons. The van der Waals surface area contributed by atoms with Crippen LogP contribution in [0.3, 0.4) is 0 Å². The van der Waals surface area contributed by atoms with E-state index in [1.54, 1.807) is 11.8 Å². The average Bonchev–Trinajstić information content (AvgIpc) is 3.40. The molecule has 2 fully saturated rings. The second kappa shape index (κ2) is 9.72. The molecule has 2 aliphatic heterocycles. The number of carbonyl (C=O) groups excluding carboxylic acids is 3. The van der Waals surface area contributed by atoms with Gasteiger partial charge in [-0.1, -0.05) is 30.3 Å². The van der Waals surface area contributed by atoms with Gasteiger partial charge in [-0.3, -0.25) is 24.5 Å². The number of thioether (sulfide) groups is 1. The maximum absolute atomic E-state index is 13.0. The minimum atomic E-state index is -0.732.